The van der Waals surface area contributed by atoms with Crippen LogP contribution in [0.3, 0.4) is 0 Å². The van der Waals surface area contributed by atoms with E-state index in [2.05, 4.69) is 4.74 Å². The highest BCUT2D eigenvalue weighted by molar-refractivity contribution is 7.86. The van der Waals surface area contributed by atoms with E-state index in [1.807, 2.05) is 0 Å². The smallest absolute Gasteiger partial charge is 0.406 e. The molecule has 4 N–H and O–H groups in total. The van der Waals surface area contributed by atoms with Crippen molar-refractivity contribution in [1.29, 1.82) is 0 Å². The number of halogens is 3. The third-order valence-electron chi connectivity index (χ3n) is 3.08. The Hall–Kier alpha value is -2.92. The molecule has 2 aromatic rings. The molecule has 0 atom stereocenters. The summed E-state index contributed by atoms with van der Waals surface area (Å²) in [5.74, 6) is 5.58. The van der Waals surface area contributed by atoms with Crippen molar-refractivity contribution in [2.45, 2.75) is 6.36 Å². The van der Waals surface area contributed by atoms with Crippen molar-refractivity contribution in [2.24, 2.45) is 11.6 Å². The van der Waals surface area contributed by atoms with Crippen LogP contribution in [0.25, 0.3) is 5.70 Å². The van der Waals surface area contributed by atoms with E-state index in [1.54, 1.807) is 0 Å². The molecule has 0 spiro atoms. The Balaban J connectivity index is 2.10. The molecule has 0 fully saturated rings. The van der Waals surface area contributed by atoms with Gasteiger partial charge < -0.3 is 14.7 Å². The first-order chi connectivity index (χ1) is 12.4. The summed E-state index contributed by atoms with van der Waals surface area (Å²) in [6.45, 7) is 0. The second-order valence-electron chi connectivity index (χ2n) is 5.35. The van der Waals surface area contributed by atoms with Crippen LogP contribution >= 0.6 is 0 Å². The first-order valence-electron chi connectivity index (χ1n) is 7.30. The molecule has 0 unspecified atom stereocenters. The van der Waals surface area contributed by atoms with E-state index in [1.165, 1.54) is 42.6 Å². The first kappa shape index (κ1) is 20.4. The molecule has 0 aromatic heterocycles. The van der Waals surface area contributed by atoms with E-state index in [-0.39, 0.29) is 17.2 Å². The molecule has 0 radical (unpaired) electrons. The van der Waals surface area contributed by atoms with Gasteiger partial charge in [-0.05, 0) is 54.1 Å². The second kappa shape index (κ2) is 7.76. The van der Waals surface area contributed by atoms with Gasteiger partial charge in [0.2, 0.25) is 0 Å². The number of nitrogens with two attached hydrogens (primary N) is 2. The van der Waals surface area contributed by atoms with E-state index < -0.39 is 16.5 Å². The van der Waals surface area contributed by atoms with Gasteiger partial charge in [-0.15, -0.1) is 13.2 Å². The zero-order valence-electron chi connectivity index (χ0n) is 14.0. The molecule has 0 saturated carbocycles. The van der Waals surface area contributed by atoms with Crippen LogP contribution in [0, 0.1) is 0 Å². The highest BCUT2D eigenvalue weighted by Gasteiger charge is 2.30. The summed E-state index contributed by atoms with van der Waals surface area (Å²) >= 11 is 0. The lowest BCUT2D eigenvalue weighted by atomic mass is 10.1. The van der Waals surface area contributed by atoms with E-state index in [9.17, 15) is 21.6 Å². The summed E-state index contributed by atoms with van der Waals surface area (Å²) in [6.07, 6.45) is -2.50. The standard InChI is InChI=1S/C16H16F3N3O4S/c1-27(23,24)26-14-6-2-11(3-7-14)15(20)10-22(21)12-4-8-13(9-5-12)25-16(17,18)19/h2-10H,20-21H2,1H3/b15-10-. The van der Waals surface area contributed by atoms with Crippen LogP contribution in [0.2, 0.25) is 0 Å². The fourth-order valence-electron chi connectivity index (χ4n) is 2.00. The quantitative estimate of drug-likeness (QED) is 0.434. The number of nitrogens with zero attached hydrogens (tertiary/aromatic N) is 1. The lowest BCUT2D eigenvalue weighted by Crippen LogP contribution is -2.25. The van der Waals surface area contributed by atoms with E-state index >= 15 is 0 Å². The number of hydrogen-bond acceptors (Lipinski definition) is 7. The number of anilines is 1. The van der Waals surface area contributed by atoms with Gasteiger partial charge in [0, 0.05) is 6.20 Å². The molecular formula is C16H16F3N3O4S. The second-order valence-corrected chi connectivity index (χ2v) is 6.92. The van der Waals surface area contributed by atoms with Crippen LogP contribution in [-0.4, -0.2) is 21.0 Å². The van der Waals surface area contributed by atoms with Crippen molar-refractivity contribution in [3.63, 3.8) is 0 Å². The van der Waals surface area contributed by atoms with Crippen LogP contribution in [0.5, 0.6) is 11.5 Å². The molecule has 0 heterocycles. The average molecular weight is 403 g/mol. The fourth-order valence-corrected chi connectivity index (χ4v) is 2.46. The number of hydrazine groups is 1. The van der Waals surface area contributed by atoms with Gasteiger partial charge in [-0.1, -0.05) is 0 Å². The van der Waals surface area contributed by atoms with Crippen molar-refractivity contribution in [3.8, 4) is 11.5 Å². The topological polar surface area (TPSA) is 108 Å². The molecule has 0 saturated heterocycles. The predicted octanol–water partition coefficient (Wildman–Crippen LogP) is 2.56. The maximum absolute atomic E-state index is 12.2. The van der Waals surface area contributed by atoms with Gasteiger partial charge in [0.1, 0.15) is 11.5 Å². The summed E-state index contributed by atoms with van der Waals surface area (Å²) in [7, 11) is -3.64. The number of ether oxygens (including phenoxy) is 1. The first-order valence-corrected chi connectivity index (χ1v) is 9.11. The van der Waals surface area contributed by atoms with Gasteiger partial charge in [-0.3, -0.25) is 5.01 Å². The molecule has 0 bridgehead atoms. The number of hydrogen-bond donors (Lipinski definition) is 2. The zero-order chi connectivity index (χ0) is 20.2. The summed E-state index contributed by atoms with van der Waals surface area (Å²) in [5, 5.41) is 1.12. The van der Waals surface area contributed by atoms with Gasteiger partial charge in [0.05, 0.1) is 17.6 Å². The Kier molecular flexibility index (Phi) is 5.86. The van der Waals surface area contributed by atoms with Crippen LogP contribution in [-0.2, 0) is 10.1 Å². The van der Waals surface area contributed by atoms with Crippen molar-refractivity contribution in [2.75, 3.05) is 11.3 Å². The molecule has 27 heavy (non-hydrogen) atoms. The van der Waals surface area contributed by atoms with Crippen molar-refractivity contribution in [1.82, 2.24) is 0 Å². The molecule has 11 heteroatoms. The lowest BCUT2D eigenvalue weighted by molar-refractivity contribution is -0.274. The third-order valence-corrected chi connectivity index (χ3v) is 3.58. The van der Waals surface area contributed by atoms with Crippen LogP contribution in [0.4, 0.5) is 18.9 Å². The number of benzene rings is 2. The van der Waals surface area contributed by atoms with Gasteiger partial charge in [0.15, 0.2) is 0 Å². The Morgan fingerprint density at radius 3 is 2.04 bits per heavy atom. The molecule has 2 rings (SSSR count). The summed E-state index contributed by atoms with van der Waals surface area (Å²) in [6, 6.07) is 10.8. The van der Waals surface area contributed by atoms with Crippen molar-refractivity contribution >= 4 is 21.5 Å². The largest absolute Gasteiger partial charge is 0.573 e. The van der Waals surface area contributed by atoms with Crippen molar-refractivity contribution in [3.05, 3.63) is 60.3 Å². The van der Waals surface area contributed by atoms with Gasteiger partial charge >= 0.3 is 16.5 Å². The average Bonchev–Trinajstić information content (AvgIpc) is 2.53. The maximum Gasteiger partial charge on any atom is 0.573 e. The maximum atomic E-state index is 12.2. The summed E-state index contributed by atoms with van der Waals surface area (Å²) in [4.78, 5) is 0. The van der Waals surface area contributed by atoms with Gasteiger partial charge in [0.25, 0.3) is 0 Å². The predicted molar refractivity (Wildman–Crippen MR) is 93.9 cm³/mol. The van der Waals surface area contributed by atoms with Crippen LogP contribution < -0.4 is 25.5 Å². The molecule has 7 nitrogen and oxygen atoms in total. The minimum Gasteiger partial charge on any atom is -0.406 e. The summed E-state index contributed by atoms with van der Waals surface area (Å²) < 4.78 is 67.1. The van der Waals surface area contributed by atoms with E-state index in [4.69, 9.17) is 15.8 Å². The van der Waals surface area contributed by atoms with Crippen LogP contribution in [0.15, 0.2) is 54.7 Å². The van der Waals surface area contributed by atoms with E-state index in [0.717, 1.165) is 23.4 Å². The minimum absolute atomic E-state index is 0.124. The third kappa shape index (κ3) is 6.72. The molecule has 0 amide bonds. The minimum atomic E-state index is -4.78. The SMILES string of the molecule is CS(=O)(=O)Oc1ccc(/C(N)=C/N(N)c2ccc(OC(F)(F)F)cc2)cc1. The highest BCUT2D eigenvalue weighted by Crippen LogP contribution is 2.25. The lowest BCUT2D eigenvalue weighted by Gasteiger charge is -2.16. The van der Waals surface area contributed by atoms with Crippen LogP contribution in [0.1, 0.15) is 5.56 Å². The molecule has 0 aliphatic carbocycles. The normalized spacial score (nSPS) is 12.6. The Morgan fingerprint density at radius 1 is 1.04 bits per heavy atom. The molecule has 0 aliphatic rings. The number of rotatable bonds is 6. The van der Waals surface area contributed by atoms with Crippen molar-refractivity contribution < 1.29 is 30.5 Å². The number of alkyl halides is 3. The molecule has 0 aliphatic heterocycles. The van der Waals surface area contributed by atoms with Gasteiger partial charge in [-0.2, -0.15) is 8.42 Å². The monoisotopic (exact) mass is 403 g/mol. The summed E-state index contributed by atoms with van der Waals surface area (Å²) in [5.41, 5.74) is 7.06. The zero-order valence-corrected chi connectivity index (χ0v) is 14.8. The Morgan fingerprint density at radius 2 is 1.56 bits per heavy atom. The van der Waals surface area contributed by atoms with E-state index in [0.29, 0.717) is 11.3 Å². The fraction of sp³-hybridized carbons (Fsp3) is 0.125. The molecular weight excluding hydrogens is 387 g/mol. The Bertz CT molecular complexity index is 911. The van der Waals surface area contributed by atoms with Gasteiger partial charge in [-0.25, -0.2) is 5.84 Å². The molecule has 2 aromatic carbocycles. The highest BCUT2D eigenvalue weighted by atomic mass is 32.2. The molecule has 146 valence electrons. The Labute approximate surface area is 153 Å².